The minimum Gasteiger partial charge on any atom is -0.250 e. The molecule has 0 saturated carbocycles. The van der Waals surface area contributed by atoms with Crippen LogP contribution in [0.5, 0.6) is 0 Å². The van der Waals surface area contributed by atoms with Gasteiger partial charge >= 0.3 is 0 Å². The van der Waals surface area contributed by atoms with Crippen LogP contribution >= 0.6 is 15.9 Å². The second-order valence-corrected chi connectivity index (χ2v) is 7.09. The van der Waals surface area contributed by atoms with Crippen molar-refractivity contribution in [3.8, 4) is 0 Å². The highest BCUT2D eigenvalue weighted by atomic mass is 79.9. The van der Waals surface area contributed by atoms with Crippen LogP contribution in [0.25, 0.3) is 16.7 Å². The molecule has 126 valence electrons. The largest absolute Gasteiger partial charge is 0.250 e. The van der Waals surface area contributed by atoms with Crippen molar-refractivity contribution in [3.05, 3.63) is 52.7 Å². The van der Waals surface area contributed by atoms with Crippen LogP contribution in [0.2, 0.25) is 0 Å². The minimum atomic E-state index is 0.0376. The molecule has 1 saturated heterocycles. The SMILES string of the molecule is Cn1ncc2c1ncn1nc(C3CC(c4cccc(Br)c4)NN3)nc21. The summed E-state index contributed by atoms with van der Waals surface area (Å²) in [6.07, 6.45) is 4.34. The molecule has 1 aliphatic heterocycles. The molecule has 1 aromatic carbocycles. The molecule has 4 heterocycles. The number of aromatic nitrogens is 6. The second-order valence-electron chi connectivity index (χ2n) is 6.17. The van der Waals surface area contributed by atoms with Gasteiger partial charge in [-0.05, 0) is 24.1 Å². The van der Waals surface area contributed by atoms with E-state index in [0.29, 0.717) is 0 Å². The average Bonchev–Trinajstić information content (AvgIpc) is 3.32. The molecule has 1 aliphatic rings. The predicted molar refractivity (Wildman–Crippen MR) is 95.6 cm³/mol. The van der Waals surface area contributed by atoms with Crippen LogP contribution in [-0.4, -0.2) is 29.4 Å². The van der Waals surface area contributed by atoms with E-state index in [1.807, 2.05) is 19.2 Å². The molecule has 3 aromatic heterocycles. The van der Waals surface area contributed by atoms with Crippen LogP contribution in [0.1, 0.15) is 29.9 Å². The number of hydrogen-bond acceptors (Lipinski definition) is 6. The lowest BCUT2D eigenvalue weighted by Gasteiger charge is -2.09. The normalized spacial score (nSPS) is 20.7. The molecule has 4 aromatic rings. The first-order chi connectivity index (χ1) is 12.2. The van der Waals surface area contributed by atoms with Gasteiger partial charge in [0, 0.05) is 17.6 Å². The molecule has 9 heteroatoms. The predicted octanol–water partition coefficient (Wildman–Crippen LogP) is 2.05. The second kappa shape index (κ2) is 5.58. The van der Waals surface area contributed by atoms with Crippen LogP contribution < -0.4 is 10.9 Å². The maximum absolute atomic E-state index is 4.73. The zero-order valence-electron chi connectivity index (χ0n) is 13.4. The molecule has 25 heavy (non-hydrogen) atoms. The van der Waals surface area contributed by atoms with Crippen LogP contribution in [0, 0.1) is 0 Å². The lowest BCUT2D eigenvalue weighted by atomic mass is 10.0. The molecule has 5 rings (SSSR count). The summed E-state index contributed by atoms with van der Waals surface area (Å²) in [6, 6.07) is 8.57. The summed E-state index contributed by atoms with van der Waals surface area (Å²) in [7, 11) is 1.87. The Kier molecular flexibility index (Phi) is 3.34. The maximum atomic E-state index is 4.73. The third-order valence-corrected chi connectivity index (χ3v) is 5.04. The Morgan fingerprint density at radius 3 is 2.96 bits per heavy atom. The number of benzene rings is 1. The van der Waals surface area contributed by atoms with Gasteiger partial charge in [-0.1, -0.05) is 28.1 Å². The molecule has 1 fully saturated rings. The third kappa shape index (κ3) is 2.43. The van der Waals surface area contributed by atoms with Gasteiger partial charge in [0.05, 0.1) is 17.6 Å². The first-order valence-corrected chi connectivity index (χ1v) is 8.78. The van der Waals surface area contributed by atoms with Crippen molar-refractivity contribution in [2.24, 2.45) is 7.05 Å². The van der Waals surface area contributed by atoms with E-state index >= 15 is 0 Å². The van der Waals surface area contributed by atoms with Crippen LogP contribution in [0.4, 0.5) is 0 Å². The lowest BCUT2D eigenvalue weighted by molar-refractivity contribution is 0.540. The monoisotopic (exact) mass is 398 g/mol. The Morgan fingerprint density at radius 2 is 2.08 bits per heavy atom. The van der Waals surface area contributed by atoms with E-state index in [1.165, 1.54) is 5.56 Å². The summed E-state index contributed by atoms with van der Waals surface area (Å²) in [6.45, 7) is 0. The zero-order chi connectivity index (χ0) is 17.0. The fourth-order valence-corrected chi connectivity index (χ4v) is 3.69. The van der Waals surface area contributed by atoms with Gasteiger partial charge in [-0.25, -0.2) is 25.3 Å². The average molecular weight is 399 g/mol. The van der Waals surface area contributed by atoms with Gasteiger partial charge in [0.15, 0.2) is 17.1 Å². The fourth-order valence-electron chi connectivity index (χ4n) is 3.27. The van der Waals surface area contributed by atoms with Crippen molar-refractivity contribution in [1.29, 1.82) is 0 Å². The van der Waals surface area contributed by atoms with Gasteiger partial charge in [-0.15, -0.1) is 5.10 Å². The van der Waals surface area contributed by atoms with Crippen LogP contribution in [0.3, 0.4) is 0 Å². The van der Waals surface area contributed by atoms with Gasteiger partial charge < -0.3 is 0 Å². The van der Waals surface area contributed by atoms with E-state index in [1.54, 1.807) is 21.7 Å². The highest BCUT2D eigenvalue weighted by Gasteiger charge is 2.29. The van der Waals surface area contributed by atoms with E-state index in [2.05, 4.69) is 54.1 Å². The number of nitrogens with zero attached hydrogens (tertiary/aromatic N) is 6. The van der Waals surface area contributed by atoms with Crippen molar-refractivity contribution in [2.45, 2.75) is 18.5 Å². The van der Waals surface area contributed by atoms with E-state index in [4.69, 9.17) is 4.98 Å². The van der Waals surface area contributed by atoms with Crippen molar-refractivity contribution in [2.75, 3.05) is 0 Å². The number of halogens is 1. The van der Waals surface area contributed by atoms with Gasteiger partial charge in [0.25, 0.3) is 0 Å². The van der Waals surface area contributed by atoms with E-state index in [0.717, 1.165) is 33.4 Å². The lowest BCUT2D eigenvalue weighted by Crippen LogP contribution is -2.27. The molecular weight excluding hydrogens is 384 g/mol. The fraction of sp³-hybridized carbons (Fsp3) is 0.250. The van der Waals surface area contributed by atoms with Gasteiger partial charge in [-0.3, -0.25) is 4.68 Å². The number of rotatable bonds is 2. The van der Waals surface area contributed by atoms with Crippen LogP contribution in [-0.2, 0) is 7.05 Å². The van der Waals surface area contributed by atoms with Crippen molar-refractivity contribution < 1.29 is 0 Å². The molecule has 2 atom stereocenters. The summed E-state index contributed by atoms with van der Waals surface area (Å²) < 4.78 is 4.53. The number of hydrogen-bond donors (Lipinski definition) is 2. The standard InChI is InChI=1S/C16H15BrN8/c1-24-15-11(7-19-24)16-20-14(23-25(16)8-18-15)13-6-12(21-22-13)9-3-2-4-10(17)5-9/h2-5,7-8,12-13,21-22H,6H2,1H3. The number of fused-ring (bicyclic) bond motifs is 3. The molecule has 0 aliphatic carbocycles. The van der Waals surface area contributed by atoms with Gasteiger partial charge in [0.2, 0.25) is 0 Å². The summed E-state index contributed by atoms with van der Waals surface area (Å²) in [5, 5.41) is 9.75. The van der Waals surface area contributed by atoms with Crippen LogP contribution in [0.15, 0.2) is 41.3 Å². The van der Waals surface area contributed by atoms with Gasteiger partial charge in [-0.2, -0.15) is 5.10 Å². The van der Waals surface area contributed by atoms with Gasteiger partial charge in [0.1, 0.15) is 6.33 Å². The van der Waals surface area contributed by atoms with E-state index in [-0.39, 0.29) is 12.1 Å². The molecule has 2 N–H and O–H groups in total. The highest BCUT2D eigenvalue weighted by molar-refractivity contribution is 9.10. The summed E-state index contributed by atoms with van der Waals surface area (Å²) in [5.41, 5.74) is 9.46. The quantitative estimate of drug-likeness (QED) is 0.537. The molecule has 0 spiro atoms. The highest BCUT2D eigenvalue weighted by Crippen LogP contribution is 2.31. The Balaban J connectivity index is 1.48. The summed E-state index contributed by atoms with van der Waals surface area (Å²) in [5.74, 6) is 0.753. The minimum absolute atomic E-state index is 0.0376. The topological polar surface area (TPSA) is 85.0 Å². The molecule has 0 bridgehead atoms. The molecule has 0 radical (unpaired) electrons. The Labute approximate surface area is 151 Å². The first-order valence-electron chi connectivity index (χ1n) is 7.98. The summed E-state index contributed by atoms with van der Waals surface area (Å²) >= 11 is 3.53. The zero-order valence-corrected chi connectivity index (χ0v) is 15.0. The Hall–Kier alpha value is -2.36. The van der Waals surface area contributed by atoms with E-state index < -0.39 is 0 Å². The number of aryl methyl sites for hydroxylation is 1. The van der Waals surface area contributed by atoms with E-state index in [9.17, 15) is 0 Å². The van der Waals surface area contributed by atoms with Crippen molar-refractivity contribution in [1.82, 2.24) is 40.2 Å². The third-order valence-electron chi connectivity index (χ3n) is 4.55. The molecule has 8 nitrogen and oxygen atoms in total. The summed E-state index contributed by atoms with van der Waals surface area (Å²) in [4.78, 5) is 9.13. The maximum Gasteiger partial charge on any atom is 0.170 e. The van der Waals surface area contributed by atoms with Crippen molar-refractivity contribution in [3.63, 3.8) is 0 Å². The molecule has 0 amide bonds. The number of nitrogens with one attached hydrogen (secondary N) is 2. The number of hydrazine groups is 1. The molecular formula is C16H15BrN8. The van der Waals surface area contributed by atoms with Crippen molar-refractivity contribution >= 4 is 32.6 Å². The Morgan fingerprint density at radius 1 is 1.20 bits per heavy atom. The smallest absolute Gasteiger partial charge is 0.170 e. The molecule has 2 unspecified atom stereocenters. The first kappa shape index (κ1) is 14.9. The Bertz CT molecular complexity index is 1080.